The second-order valence-corrected chi connectivity index (χ2v) is 7.16. The van der Waals surface area contributed by atoms with Crippen molar-refractivity contribution in [1.29, 1.82) is 0 Å². The second-order valence-electron chi connectivity index (χ2n) is 7.16. The van der Waals surface area contributed by atoms with Crippen LogP contribution in [0.5, 0.6) is 5.88 Å². The van der Waals surface area contributed by atoms with Gasteiger partial charge in [-0.3, -0.25) is 4.90 Å². The number of aromatic carboxylic acids is 1. The zero-order valence-electron chi connectivity index (χ0n) is 15.6. The predicted molar refractivity (Wildman–Crippen MR) is 104 cm³/mol. The minimum Gasteiger partial charge on any atom is -0.493 e. The lowest BCUT2D eigenvalue weighted by molar-refractivity contribution is 0.0697. The molecule has 28 heavy (non-hydrogen) atoms. The first-order valence-corrected chi connectivity index (χ1v) is 9.26. The van der Waals surface area contributed by atoms with Crippen molar-refractivity contribution in [3.63, 3.8) is 0 Å². The molecule has 0 fully saturated rings. The molecule has 7 heteroatoms. The number of benzene rings is 1. The number of carbonyl (C=O) groups is 1. The highest BCUT2D eigenvalue weighted by molar-refractivity contribution is 5.87. The number of aromatic hydroxyl groups is 1. The van der Waals surface area contributed by atoms with E-state index in [4.69, 9.17) is 5.11 Å². The Morgan fingerprint density at radius 3 is 2.71 bits per heavy atom. The molecule has 0 radical (unpaired) electrons. The number of nitrogens with zero attached hydrogens (tertiary/aromatic N) is 4. The topological polar surface area (TPSA) is 91.5 Å². The van der Waals surface area contributed by atoms with E-state index in [0.29, 0.717) is 11.4 Å². The van der Waals surface area contributed by atoms with Gasteiger partial charge >= 0.3 is 5.97 Å². The molecule has 3 aromatic rings. The first-order chi connectivity index (χ1) is 13.5. The van der Waals surface area contributed by atoms with Crippen molar-refractivity contribution in [1.82, 2.24) is 19.7 Å². The number of rotatable bonds is 5. The van der Waals surface area contributed by atoms with Gasteiger partial charge in [-0.15, -0.1) is 0 Å². The van der Waals surface area contributed by atoms with Gasteiger partial charge in [0.05, 0.1) is 11.3 Å². The lowest BCUT2D eigenvalue weighted by atomic mass is 9.92. The van der Waals surface area contributed by atoms with E-state index in [0.717, 1.165) is 42.6 Å². The van der Waals surface area contributed by atoms with E-state index in [1.54, 1.807) is 18.3 Å². The Morgan fingerprint density at radius 2 is 2.04 bits per heavy atom. The molecule has 1 aliphatic carbocycles. The molecule has 1 unspecified atom stereocenters. The SMILES string of the molecule is CN(Cc1ccc(C(=O)O)cc1)C1CCc2nn(-c3ccccn3)c(O)c2C1. The van der Waals surface area contributed by atoms with Crippen LogP contribution >= 0.6 is 0 Å². The zero-order valence-corrected chi connectivity index (χ0v) is 15.6. The highest BCUT2D eigenvalue weighted by Gasteiger charge is 2.28. The number of aryl methyl sites for hydroxylation is 1. The van der Waals surface area contributed by atoms with E-state index in [-0.39, 0.29) is 11.9 Å². The van der Waals surface area contributed by atoms with Gasteiger partial charge in [0, 0.05) is 24.3 Å². The molecule has 0 saturated carbocycles. The molecule has 1 atom stereocenters. The fourth-order valence-electron chi connectivity index (χ4n) is 3.72. The minimum atomic E-state index is -0.917. The molecule has 1 aromatic carbocycles. The van der Waals surface area contributed by atoms with Crippen LogP contribution in [0.4, 0.5) is 0 Å². The van der Waals surface area contributed by atoms with Crippen molar-refractivity contribution in [2.24, 2.45) is 0 Å². The molecular formula is C21H22N4O3. The van der Waals surface area contributed by atoms with Crippen molar-refractivity contribution >= 4 is 5.97 Å². The molecule has 0 spiro atoms. The molecule has 2 heterocycles. The van der Waals surface area contributed by atoms with Crippen LogP contribution in [0.1, 0.15) is 33.6 Å². The Labute approximate surface area is 162 Å². The first-order valence-electron chi connectivity index (χ1n) is 9.26. The molecule has 1 aliphatic rings. The zero-order chi connectivity index (χ0) is 19.7. The maximum Gasteiger partial charge on any atom is 0.335 e. The molecule has 0 amide bonds. The summed E-state index contributed by atoms with van der Waals surface area (Å²) in [4.78, 5) is 17.5. The van der Waals surface area contributed by atoms with Crippen LogP contribution in [0.2, 0.25) is 0 Å². The van der Waals surface area contributed by atoms with E-state index in [9.17, 15) is 9.90 Å². The molecule has 2 aromatic heterocycles. The lowest BCUT2D eigenvalue weighted by Crippen LogP contribution is -2.35. The summed E-state index contributed by atoms with van der Waals surface area (Å²) in [7, 11) is 2.06. The van der Waals surface area contributed by atoms with Gasteiger partial charge in [0.1, 0.15) is 0 Å². The van der Waals surface area contributed by atoms with Gasteiger partial charge in [0.25, 0.3) is 0 Å². The average Bonchev–Trinajstić information content (AvgIpc) is 3.05. The Bertz CT molecular complexity index is 983. The fourth-order valence-corrected chi connectivity index (χ4v) is 3.72. The highest BCUT2D eigenvalue weighted by Crippen LogP contribution is 2.32. The van der Waals surface area contributed by atoms with E-state index >= 15 is 0 Å². The van der Waals surface area contributed by atoms with Gasteiger partial charge in [0.2, 0.25) is 5.88 Å². The van der Waals surface area contributed by atoms with Crippen molar-refractivity contribution in [2.45, 2.75) is 31.8 Å². The van der Waals surface area contributed by atoms with Gasteiger partial charge in [-0.1, -0.05) is 18.2 Å². The molecule has 7 nitrogen and oxygen atoms in total. The number of hydrogen-bond donors (Lipinski definition) is 2. The fraction of sp³-hybridized carbons (Fsp3) is 0.286. The van der Waals surface area contributed by atoms with Crippen LogP contribution in [-0.4, -0.2) is 48.9 Å². The molecular weight excluding hydrogens is 356 g/mol. The summed E-state index contributed by atoms with van der Waals surface area (Å²) in [6.45, 7) is 0.717. The number of fused-ring (bicyclic) bond motifs is 1. The molecule has 0 saturated heterocycles. The van der Waals surface area contributed by atoms with Crippen LogP contribution in [0.15, 0.2) is 48.7 Å². The van der Waals surface area contributed by atoms with Crippen molar-refractivity contribution < 1.29 is 15.0 Å². The Hall–Kier alpha value is -3.19. The number of likely N-dealkylation sites (N-methyl/N-ethyl adjacent to an activating group) is 1. The molecule has 4 rings (SSSR count). The van der Waals surface area contributed by atoms with Crippen LogP contribution in [0.25, 0.3) is 5.82 Å². The molecule has 2 N–H and O–H groups in total. The smallest absolute Gasteiger partial charge is 0.335 e. The highest BCUT2D eigenvalue weighted by atomic mass is 16.4. The van der Waals surface area contributed by atoms with Gasteiger partial charge in [-0.05, 0) is 56.1 Å². The monoisotopic (exact) mass is 378 g/mol. The third-order valence-corrected chi connectivity index (χ3v) is 5.32. The summed E-state index contributed by atoms with van der Waals surface area (Å²) in [5.41, 5.74) is 3.17. The quantitative estimate of drug-likeness (QED) is 0.709. The normalized spacial score (nSPS) is 16.1. The standard InChI is InChI=1S/C21H22N4O3/c1-24(13-14-5-7-15(8-6-14)21(27)28)16-9-10-18-17(12-16)20(26)25(23-18)19-4-2-3-11-22-19/h2-8,11,16,26H,9-10,12-13H2,1H3,(H,27,28). The summed E-state index contributed by atoms with van der Waals surface area (Å²) >= 11 is 0. The molecule has 0 aliphatic heterocycles. The summed E-state index contributed by atoms with van der Waals surface area (Å²) < 4.78 is 1.51. The van der Waals surface area contributed by atoms with Gasteiger partial charge in [-0.25, -0.2) is 9.78 Å². The third-order valence-electron chi connectivity index (χ3n) is 5.32. The van der Waals surface area contributed by atoms with Gasteiger partial charge in [0.15, 0.2) is 5.82 Å². The predicted octanol–water partition coefficient (Wildman–Crippen LogP) is 2.66. The van der Waals surface area contributed by atoms with Crippen molar-refractivity contribution in [3.8, 4) is 11.7 Å². The second kappa shape index (κ2) is 7.44. The van der Waals surface area contributed by atoms with Crippen LogP contribution in [0.3, 0.4) is 0 Å². The largest absolute Gasteiger partial charge is 0.493 e. The average molecular weight is 378 g/mol. The molecule has 0 bridgehead atoms. The van der Waals surface area contributed by atoms with E-state index in [1.807, 2.05) is 30.3 Å². The maximum absolute atomic E-state index is 11.0. The Morgan fingerprint density at radius 1 is 1.25 bits per heavy atom. The lowest BCUT2D eigenvalue weighted by Gasteiger charge is -2.30. The van der Waals surface area contributed by atoms with E-state index < -0.39 is 5.97 Å². The summed E-state index contributed by atoms with van der Waals surface area (Å²) in [5.74, 6) is -0.143. The summed E-state index contributed by atoms with van der Waals surface area (Å²) in [5, 5.41) is 24.3. The Balaban J connectivity index is 1.49. The van der Waals surface area contributed by atoms with Crippen molar-refractivity contribution in [2.75, 3.05) is 7.05 Å². The summed E-state index contributed by atoms with van der Waals surface area (Å²) in [6, 6.07) is 12.8. The van der Waals surface area contributed by atoms with E-state index in [2.05, 4.69) is 22.0 Å². The van der Waals surface area contributed by atoms with Crippen molar-refractivity contribution in [3.05, 3.63) is 71.0 Å². The maximum atomic E-state index is 11.0. The first kappa shape index (κ1) is 18.2. The number of pyridine rings is 1. The third kappa shape index (κ3) is 3.48. The van der Waals surface area contributed by atoms with Crippen LogP contribution < -0.4 is 0 Å². The van der Waals surface area contributed by atoms with E-state index in [1.165, 1.54) is 4.68 Å². The molecule has 144 valence electrons. The van der Waals surface area contributed by atoms with Gasteiger partial charge < -0.3 is 10.2 Å². The number of hydrogen-bond acceptors (Lipinski definition) is 5. The summed E-state index contributed by atoms with van der Waals surface area (Å²) in [6.07, 6.45) is 4.16. The number of aromatic nitrogens is 3. The number of carboxylic acid groups (broad SMARTS) is 1. The van der Waals surface area contributed by atoms with Crippen LogP contribution in [-0.2, 0) is 19.4 Å². The Kier molecular flexibility index (Phi) is 4.83. The number of carboxylic acids is 1. The minimum absolute atomic E-state index is 0.164. The van der Waals surface area contributed by atoms with Crippen LogP contribution in [0, 0.1) is 0 Å². The van der Waals surface area contributed by atoms with Gasteiger partial charge in [-0.2, -0.15) is 9.78 Å².